The minimum atomic E-state index is -0.00392. The molecule has 0 fully saturated rings. The molecule has 100 valence electrons. The Morgan fingerprint density at radius 2 is 1.83 bits per heavy atom. The lowest BCUT2D eigenvalue weighted by atomic mass is 10.1. The number of aryl methyl sites for hydroxylation is 2. The van der Waals surface area contributed by atoms with Gasteiger partial charge in [-0.3, -0.25) is 4.79 Å². The SMILES string of the molecule is CCN(C(=O)C(C)CNC)c1cc(C)cc(C)c1. The van der Waals surface area contributed by atoms with E-state index in [1.54, 1.807) is 0 Å². The summed E-state index contributed by atoms with van der Waals surface area (Å²) >= 11 is 0. The highest BCUT2D eigenvalue weighted by molar-refractivity contribution is 5.95. The van der Waals surface area contributed by atoms with Crippen molar-refractivity contribution in [2.24, 2.45) is 5.92 Å². The highest BCUT2D eigenvalue weighted by Crippen LogP contribution is 2.20. The zero-order chi connectivity index (χ0) is 13.7. The van der Waals surface area contributed by atoms with Crippen LogP contribution in [0.1, 0.15) is 25.0 Å². The van der Waals surface area contributed by atoms with Gasteiger partial charge in [0.1, 0.15) is 0 Å². The molecule has 0 radical (unpaired) electrons. The Morgan fingerprint density at radius 3 is 2.28 bits per heavy atom. The van der Waals surface area contributed by atoms with E-state index in [9.17, 15) is 4.79 Å². The Bertz CT molecular complexity index is 395. The molecule has 1 rings (SSSR count). The van der Waals surface area contributed by atoms with Crippen LogP contribution in [-0.4, -0.2) is 26.0 Å². The number of hydrogen-bond acceptors (Lipinski definition) is 2. The number of anilines is 1. The molecule has 1 amide bonds. The molecule has 1 aromatic carbocycles. The zero-order valence-electron chi connectivity index (χ0n) is 12.1. The molecule has 0 spiro atoms. The van der Waals surface area contributed by atoms with Crippen molar-refractivity contribution in [1.82, 2.24) is 5.32 Å². The predicted molar refractivity (Wildman–Crippen MR) is 77.0 cm³/mol. The minimum absolute atomic E-state index is 0.00392. The monoisotopic (exact) mass is 248 g/mol. The van der Waals surface area contributed by atoms with E-state index < -0.39 is 0 Å². The number of hydrogen-bond donors (Lipinski definition) is 1. The summed E-state index contributed by atoms with van der Waals surface area (Å²) in [5.41, 5.74) is 3.39. The number of rotatable bonds is 5. The number of carbonyl (C=O) groups excluding carboxylic acids is 1. The molecule has 0 aliphatic rings. The minimum Gasteiger partial charge on any atom is -0.319 e. The highest BCUT2D eigenvalue weighted by atomic mass is 16.2. The Morgan fingerprint density at radius 1 is 1.28 bits per heavy atom. The van der Waals surface area contributed by atoms with E-state index >= 15 is 0 Å². The Balaban J connectivity index is 2.98. The van der Waals surface area contributed by atoms with Crippen LogP contribution in [-0.2, 0) is 4.79 Å². The third-order valence-corrected chi connectivity index (χ3v) is 3.03. The molecule has 0 aromatic heterocycles. The topological polar surface area (TPSA) is 32.3 Å². The molecule has 18 heavy (non-hydrogen) atoms. The number of nitrogens with one attached hydrogen (secondary N) is 1. The van der Waals surface area contributed by atoms with E-state index in [1.807, 2.05) is 25.8 Å². The molecule has 1 unspecified atom stereocenters. The van der Waals surface area contributed by atoms with Gasteiger partial charge in [-0.1, -0.05) is 13.0 Å². The van der Waals surface area contributed by atoms with Crippen molar-refractivity contribution >= 4 is 11.6 Å². The first-order chi connectivity index (χ1) is 8.49. The third-order valence-electron chi connectivity index (χ3n) is 3.03. The quantitative estimate of drug-likeness (QED) is 0.868. The van der Waals surface area contributed by atoms with E-state index in [4.69, 9.17) is 0 Å². The second kappa shape index (κ2) is 6.55. The summed E-state index contributed by atoms with van der Waals surface area (Å²) in [4.78, 5) is 14.2. The van der Waals surface area contributed by atoms with Crippen molar-refractivity contribution in [2.45, 2.75) is 27.7 Å². The normalized spacial score (nSPS) is 12.3. The highest BCUT2D eigenvalue weighted by Gasteiger charge is 2.20. The molecule has 1 aromatic rings. The summed E-state index contributed by atoms with van der Waals surface area (Å²) in [5.74, 6) is 0.174. The lowest BCUT2D eigenvalue weighted by Crippen LogP contribution is -2.38. The molecular weight excluding hydrogens is 224 g/mol. The largest absolute Gasteiger partial charge is 0.319 e. The molecular formula is C15H24N2O. The van der Waals surface area contributed by atoms with E-state index in [0.29, 0.717) is 13.1 Å². The molecule has 0 aliphatic heterocycles. The maximum absolute atomic E-state index is 12.4. The van der Waals surface area contributed by atoms with Crippen LogP contribution >= 0.6 is 0 Å². The first kappa shape index (κ1) is 14.7. The number of nitrogens with zero attached hydrogens (tertiary/aromatic N) is 1. The van der Waals surface area contributed by atoms with Crippen molar-refractivity contribution in [2.75, 3.05) is 25.0 Å². The fourth-order valence-corrected chi connectivity index (χ4v) is 2.23. The summed E-state index contributed by atoms with van der Waals surface area (Å²) in [7, 11) is 1.87. The standard InChI is InChI=1S/C15H24N2O/c1-6-17(15(18)13(4)10-16-5)14-8-11(2)7-12(3)9-14/h7-9,13,16H,6,10H2,1-5H3. The van der Waals surface area contributed by atoms with Gasteiger partial charge in [0.25, 0.3) is 0 Å². The van der Waals surface area contributed by atoms with E-state index in [-0.39, 0.29) is 11.8 Å². The van der Waals surface area contributed by atoms with Gasteiger partial charge < -0.3 is 10.2 Å². The van der Waals surface area contributed by atoms with Gasteiger partial charge in [0, 0.05) is 24.7 Å². The molecule has 0 saturated carbocycles. The molecule has 0 bridgehead atoms. The lowest BCUT2D eigenvalue weighted by molar-refractivity contribution is -0.121. The van der Waals surface area contributed by atoms with Gasteiger partial charge in [-0.2, -0.15) is 0 Å². The average molecular weight is 248 g/mol. The van der Waals surface area contributed by atoms with Crippen molar-refractivity contribution in [3.63, 3.8) is 0 Å². The van der Waals surface area contributed by atoms with Crippen molar-refractivity contribution in [3.05, 3.63) is 29.3 Å². The number of carbonyl (C=O) groups is 1. The first-order valence-corrected chi connectivity index (χ1v) is 6.53. The van der Waals surface area contributed by atoms with Crippen LogP contribution in [0.5, 0.6) is 0 Å². The van der Waals surface area contributed by atoms with Gasteiger partial charge in [-0.25, -0.2) is 0 Å². The van der Waals surface area contributed by atoms with Crippen LogP contribution in [0.3, 0.4) is 0 Å². The zero-order valence-corrected chi connectivity index (χ0v) is 12.1. The van der Waals surface area contributed by atoms with Gasteiger partial charge in [0.05, 0.1) is 0 Å². The van der Waals surface area contributed by atoms with Crippen LogP contribution in [0.4, 0.5) is 5.69 Å². The smallest absolute Gasteiger partial charge is 0.231 e. The summed E-state index contributed by atoms with van der Waals surface area (Å²) in [6, 6.07) is 6.26. The van der Waals surface area contributed by atoms with Gasteiger partial charge in [0.15, 0.2) is 0 Å². The van der Waals surface area contributed by atoms with Crippen molar-refractivity contribution in [1.29, 1.82) is 0 Å². The number of amides is 1. The number of benzene rings is 1. The Labute approximate surface area is 110 Å². The molecule has 0 heterocycles. The van der Waals surface area contributed by atoms with Gasteiger partial charge in [0.2, 0.25) is 5.91 Å². The van der Waals surface area contributed by atoms with Crippen LogP contribution in [0.25, 0.3) is 0 Å². The molecule has 0 aliphatic carbocycles. The van der Waals surface area contributed by atoms with E-state index in [2.05, 4.69) is 37.4 Å². The fraction of sp³-hybridized carbons (Fsp3) is 0.533. The van der Waals surface area contributed by atoms with E-state index in [0.717, 1.165) is 5.69 Å². The molecule has 1 N–H and O–H groups in total. The third kappa shape index (κ3) is 3.57. The van der Waals surface area contributed by atoms with Crippen LogP contribution in [0.2, 0.25) is 0 Å². The van der Waals surface area contributed by atoms with Gasteiger partial charge >= 0.3 is 0 Å². The van der Waals surface area contributed by atoms with Crippen molar-refractivity contribution < 1.29 is 4.79 Å². The summed E-state index contributed by atoms with van der Waals surface area (Å²) in [6.45, 7) is 9.51. The van der Waals surface area contributed by atoms with Crippen molar-refractivity contribution in [3.8, 4) is 0 Å². The van der Waals surface area contributed by atoms with Crippen LogP contribution < -0.4 is 10.2 Å². The Kier molecular flexibility index (Phi) is 5.35. The molecule has 0 saturated heterocycles. The Hall–Kier alpha value is -1.35. The van der Waals surface area contributed by atoms with Crippen LogP contribution in [0.15, 0.2) is 18.2 Å². The fourth-order valence-electron chi connectivity index (χ4n) is 2.23. The lowest BCUT2D eigenvalue weighted by Gasteiger charge is -2.25. The summed E-state index contributed by atoms with van der Waals surface area (Å²) in [6.07, 6.45) is 0. The predicted octanol–water partition coefficient (Wildman–Crippen LogP) is 2.51. The van der Waals surface area contributed by atoms with Gasteiger partial charge in [-0.05, 0) is 51.1 Å². The summed E-state index contributed by atoms with van der Waals surface area (Å²) < 4.78 is 0. The molecule has 3 nitrogen and oxygen atoms in total. The average Bonchev–Trinajstić information content (AvgIpc) is 2.28. The second-order valence-corrected chi connectivity index (χ2v) is 4.89. The molecule has 3 heteroatoms. The first-order valence-electron chi connectivity index (χ1n) is 6.53. The maximum atomic E-state index is 12.4. The maximum Gasteiger partial charge on any atom is 0.231 e. The van der Waals surface area contributed by atoms with Crippen LogP contribution in [0, 0.1) is 19.8 Å². The molecule has 1 atom stereocenters. The van der Waals surface area contributed by atoms with Gasteiger partial charge in [-0.15, -0.1) is 0 Å². The second-order valence-electron chi connectivity index (χ2n) is 4.89. The summed E-state index contributed by atoms with van der Waals surface area (Å²) in [5, 5.41) is 3.05. The van der Waals surface area contributed by atoms with E-state index in [1.165, 1.54) is 11.1 Å².